The first-order chi connectivity index (χ1) is 9.95. The Hall–Kier alpha value is -2.15. The van der Waals surface area contributed by atoms with Crippen molar-refractivity contribution < 1.29 is 14.3 Å². The van der Waals surface area contributed by atoms with Gasteiger partial charge in [-0.05, 0) is 19.1 Å². The Balaban J connectivity index is 2.55. The van der Waals surface area contributed by atoms with Gasteiger partial charge in [-0.25, -0.2) is 4.98 Å². The quantitative estimate of drug-likeness (QED) is 0.709. The van der Waals surface area contributed by atoms with E-state index in [4.69, 9.17) is 4.74 Å². The molecule has 0 aromatic carbocycles. The van der Waals surface area contributed by atoms with E-state index in [1.54, 1.807) is 40.3 Å². The van der Waals surface area contributed by atoms with Crippen LogP contribution in [0.4, 0.5) is 5.82 Å². The summed E-state index contributed by atoms with van der Waals surface area (Å²) in [7, 11) is 4.94. The molecule has 1 unspecified atom stereocenters. The molecule has 1 atom stereocenters. The summed E-state index contributed by atoms with van der Waals surface area (Å²) < 4.78 is 4.86. The Bertz CT molecular complexity index is 474. The Kier molecular flexibility index (Phi) is 6.61. The van der Waals surface area contributed by atoms with Gasteiger partial charge in [0.1, 0.15) is 11.9 Å². The summed E-state index contributed by atoms with van der Waals surface area (Å²) >= 11 is 0. The monoisotopic (exact) mass is 294 g/mol. The molecule has 116 valence electrons. The van der Waals surface area contributed by atoms with Crippen LogP contribution >= 0.6 is 0 Å². The average molecular weight is 294 g/mol. The topological polar surface area (TPSA) is 83.6 Å². The van der Waals surface area contributed by atoms with Gasteiger partial charge in [0, 0.05) is 33.9 Å². The van der Waals surface area contributed by atoms with Gasteiger partial charge in [-0.2, -0.15) is 0 Å². The standard InChI is InChI=1S/C14H22N4O3/c1-10(13(19)15-7-8-21-4)17-12-6-5-11(9-16-12)14(20)18(2)3/h5-6,9-10H,7-8H2,1-4H3,(H,15,19)(H,16,17). The number of aromatic nitrogens is 1. The highest BCUT2D eigenvalue weighted by Gasteiger charge is 2.13. The number of anilines is 1. The number of pyridine rings is 1. The van der Waals surface area contributed by atoms with Gasteiger partial charge in [0.2, 0.25) is 5.91 Å². The molecule has 0 aliphatic rings. The molecule has 1 heterocycles. The summed E-state index contributed by atoms with van der Waals surface area (Å²) in [6.07, 6.45) is 1.49. The van der Waals surface area contributed by atoms with Gasteiger partial charge in [0.15, 0.2) is 0 Å². The van der Waals surface area contributed by atoms with E-state index in [9.17, 15) is 9.59 Å². The second-order valence-electron chi connectivity index (χ2n) is 4.78. The zero-order valence-corrected chi connectivity index (χ0v) is 12.8. The van der Waals surface area contributed by atoms with Crippen LogP contribution in [0.25, 0.3) is 0 Å². The number of carbonyl (C=O) groups is 2. The minimum atomic E-state index is -0.426. The molecule has 1 aromatic heterocycles. The van der Waals surface area contributed by atoms with Crippen molar-refractivity contribution in [3.8, 4) is 0 Å². The molecule has 7 nitrogen and oxygen atoms in total. The van der Waals surface area contributed by atoms with Crippen molar-refractivity contribution in [2.75, 3.05) is 39.7 Å². The first kappa shape index (κ1) is 16.9. The van der Waals surface area contributed by atoms with Crippen molar-refractivity contribution in [1.82, 2.24) is 15.2 Å². The third-order valence-corrected chi connectivity index (χ3v) is 2.78. The van der Waals surface area contributed by atoms with Crippen LogP contribution in [0.15, 0.2) is 18.3 Å². The zero-order valence-electron chi connectivity index (χ0n) is 12.8. The normalized spacial score (nSPS) is 11.6. The summed E-state index contributed by atoms with van der Waals surface area (Å²) in [4.78, 5) is 29.1. The highest BCUT2D eigenvalue weighted by atomic mass is 16.5. The molecular weight excluding hydrogens is 272 g/mol. The van der Waals surface area contributed by atoms with E-state index in [2.05, 4.69) is 15.6 Å². The van der Waals surface area contributed by atoms with Crippen LogP contribution in [0.2, 0.25) is 0 Å². The van der Waals surface area contributed by atoms with E-state index in [0.717, 1.165) is 0 Å². The zero-order chi connectivity index (χ0) is 15.8. The summed E-state index contributed by atoms with van der Waals surface area (Å²) in [6, 6.07) is 2.92. The van der Waals surface area contributed by atoms with Crippen molar-refractivity contribution >= 4 is 17.6 Å². The van der Waals surface area contributed by atoms with Crippen LogP contribution in [0.3, 0.4) is 0 Å². The number of ether oxygens (including phenoxy) is 1. The molecule has 2 amide bonds. The fourth-order valence-electron chi connectivity index (χ4n) is 1.58. The number of methoxy groups -OCH3 is 1. The Morgan fingerprint density at radius 1 is 1.38 bits per heavy atom. The first-order valence-electron chi connectivity index (χ1n) is 6.66. The molecule has 0 spiro atoms. The lowest BCUT2D eigenvalue weighted by atomic mass is 10.2. The number of amides is 2. The number of hydrogen-bond acceptors (Lipinski definition) is 5. The molecule has 7 heteroatoms. The van der Waals surface area contributed by atoms with Crippen molar-refractivity contribution in [1.29, 1.82) is 0 Å². The second-order valence-corrected chi connectivity index (χ2v) is 4.78. The molecule has 0 fully saturated rings. The van der Waals surface area contributed by atoms with Crippen LogP contribution in [0, 0.1) is 0 Å². The predicted octanol–water partition coefficient (Wildman–Crippen LogP) is 0.346. The second kappa shape index (κ2) is 8.21. The van der Waals surface area contributed by atoms with E-state index in [-0.39, 0.29) is 11.8 Å². The Morgan fingerprint density at radius 2 is 2.10 bits per heavy atom. The Morgan fingerprint density at radius 3 is 2.62 bits per heavy atom. The molecule has 2 N–H and O–H groups in total. The van der Waals surface area contributed by atoms with Crippen molar-refractivity contribution in [3.63, 3.8) is 0 Å². The van der Waals surface area contributed by atoms with Gasteiger partial charge in [-0.3, -0.25) is 9.59 Å². The highest BCUT2D eigenvalue weighted by Crippen LogP contribution is 2.08. The number of rotatable bonds is 7. The summed E-state index contributed by atoms with van der Waals surface area (Å²) in [5, 5.41) is 5.71. The van der Waals surface area contributed by atoms with Gasteiger partial charge in [-0.1, -0.05) is 0 Å². The molecule has 0 saturated carbocycles. The minimum absolute atomic E-state index is 0.112. The van der Waals surface area contributed by atoms with Gasteiger partial charge in [0.05, 0.1) is 12.2 Å². The van der Waals surface area contributed by atoms with E-state index in [1.165, 1.54) is 11.1 Å². The molecular formula is C14H22N4O3. The number of nitrogens with one attached hydrogen (secondary N) is 2. The van der Waals surface area contributed by atoms with Crippen molar-refractivity contribution in [3.05, 3.63) is 23.9 Å². The van der Waals surface area contributed by atoms with E-state index in [1.807, 2.05) is 0 Å². The van der Waals surface area contributed by atoms with Crippen LogP contribution in [-0.4, -0.2) is 62.1 Å². The number of carbonyl (C=O) groups excluding carboxylic acids is 2. The van der Waals surface area contributed by atoms with E-state index >= 15 is 0 Å². The Labute approximate surface area is 124 Å². The first-order valence-corrected chi connectivity index (χ1v) is 6.66. The molecule has 21 heavy (non-hydrogen) atoms. The van der Waals surface area contributed by atoms with Crippen molar-refractivity contribution in [2.24, 2.45) is 0 Å². The maximum atomic E-state index is 11.8. The largest absolute Gasteiger partial charge is 0.383 e. The lowest BCUT2D eigenvalue weighted by molar-refractivity contribution is -0.121. The molecule has 0 aliphatic heterocycles. The van der Waals surface area contributed by atoms with Crippen LogP contribution in [-0.2, 0) is 9.53 Å². The summed E-state index contributed by atoms with van der Waals surface area (Å²) in [5.41, 5.74) is 0.503. The minimum Gasteiger partial charge on any atom is -0.383 e. The van der Waals surface area contributed by atoms with Crippen LogP contribution < -0.4 is 10.6 Å². The number of hydrogen-bond donors (Lipinski definition) is 2. The average Bonchev–Trinajstić information content (AvgIpc) is 2.47. The van der Waals surface area contributed by atoms with E-state index < -0.39 is 6.04 Å². The molecule has 1 aromatic rings. The molecule has 0 aliphatic carbocycles. The van der Waals surface area contributed by atoms with Crippen LogP contribution in [0.1, 0.15) is 17.3 Å². The SMILES string of the molecule is COCCNC(=O)C(C)Nc1ccc(C(=O)N(C)C)cn1. The maximum absolute atomic E-state index is 11.8. The third kappa shape index (κ3) is 5.39. The lowest BCUT2D eigenvalue weighted by Gasteiger charge is -2.15. The lowest BCUT2D eigenvalue weighted by Crippen LogP contribution is -2.39. The molecule has 0 radical (unpaired) electrons. The van der Waals surface area contributed by atoms with Gasteiger partial charge < -0.3 is 20.3 Å². The summed E-state index contributed by atoms with van der Waals surface area (Å²) in [6.45, 7) is 2.67. The van der Waals surface area contributed by atoms with E-state index in [0.29, 0.717) is 24.5 Å². The van der Waals surface area contributed by atoms with Crippen LogP contribution in [0.5, 0.6) is 0 Å². The molecule has 1 rings (SSSR count). The van der Waals surface area contributed by atoms with Gasteiger partial charge in [0.25, 0.3) is 5.91 Å². The molecule has 0 bridgehead atoms. The van der Waals surface area contributed by atoms with Gasteiger partial charge >= 0.3 is 0 Å². The third-order valence-electron chi connectivity index (χ3n) is 2.78. The van der Waals surface area contributed by atoms with Crippen molar-refractivity contribution in [2.45, 2.75) is 13.0 Å². The maximum Gasteiger partial charge on any atom is 0.254 e. The fraction of sp³-hybridized carbons (Fsp3) is 0.500. The predicted molar refractivity (Wildman–Crippen MR) is 80.2 cm³/mol. The van der Waals surface area contributed by atoms with Gasteiger partial charge in [-0.15, -0.1) is 0 Å². The smallest absolute Gasteiger partial charge is 0.254 e. The summed E-state index contributed by atoms with van der Waals surface area (Å²) in [5.74, 6) is 0.293. The highest BCUT2D eigenvalue weighted by molar-refractivity contribution is 5.93. The number of nitrogens with zero attached hydrogens (tertiary/aromatic N) is 2. The molecule has 0 saturated heterocycles. The fourth-order valence-corrected chi connectivity index (χ4v) is 1.58.